The summed E-state index contributed by atoms with van der Waals surface area (Å²) in [5.74, 6) is -0.354. The molecule has 0 spiro atoms. The Balaban J connectivity index is 1.61. The molecule has 1 aliphatic rings. The van der Waals surface area contributed by atoms with Gasteiger partial charge in [0.25, 0.3) is 15.9 Å². The first-order chi connectivity index (χ1) is 23.6. The van der Waals surface area contributed by atoms with Gasteiger partial charge in [-0.05, 0) is 95.1 Å². The maximum atomic E-state index is 14.4. The summed E-state index contributed by atoms with van der Waals surface area (Å²) in [7, 11) is -2.09. The molecule has 3 aromatic carbocycles. The van der Waals surface area contributed by atoms with Gasteiger partial charge in [0.1, 0.15) is 5.75 Å². The number of sulfonamides is 1. The van der Waals surface area contributed by atoms with Crippen LogP contribution in [-0.4, -0.2) is 80.8 Å². The number of carbonyl (C=O) groups is 1. The predicted molar refractivity (Wildman–Crippen MR) is 187 cm³/mol. The second-order valence-electron chi connectivity index (χ2n) is 13.3. The number of likely N-dealkylation sites (N-methyl/N-ethyl adjacent to an activating group) is 1. The molecule has 4 atom stereocenters. The fourth-order valence-electron chi connectivity index (χ4n) is 5.86. The summed E-state index contributed by atoms with van der Waals surface area (Å²) >= 11 is 0. The van der Waals surface area contributed by atoms with Crippen molar-refractivity contribution in [2.75, 3.05) is 38.1 Å². The smallest absolute Gasteiger partial charge is 0.416 e. The van der Waals surface area contributed by atoms with Gasteiger partial charge in [-0.1, -0.05) is 36.8 Å². The Kier molecular flexibility index (Phi) is 13.3. The maximum absolute atomic E-state index is 14.4. The normalized spacial score (nSPS) is 20.5. The molecule has 0 fully saturated rings. The summed E-state index contributed by atoms with van der Waals surface area (Å²) in [6.45, 7) is 8.65. The number of alkyl halides is 3. The van der Waals surface area contributed by atoms with Crippen LogP contribution < -0.4 is 9.46 Å². The molecule has 0 aromatic heterocycles. The second kappa shape index (κ2) is 17.0. The quantitative estimate of drug-likeness (QED) is 0.252. The molecule has 50 heavy (non-hydrogen) atoms. The van der Waals surface area contributed by atoms with Crippen LogP contribution in [0.1, 0.15) is 67.1 Å². The van der Waals surface area contributed by atoms with E-state index in [2.05, 4.69) is 4.72 Å². The van der Waals surface area contributed by atoms with Crippen molar-refractivity contribution in [1.29, 1.82) is 0 Å². The molecule has 4 rings (SSSR count). The number of hydrogen-bond acceptors (Lipinski definition) is 7. The van der Waals surface area contributed by atoms with E-state index < -0.39 is 33.7 Å². The number of halogens is 3. The lowest BCUT2D eigenvalue weighted by atomic mass is 10.0. The number of aryl methyl sites for hydroxylation is 1. The van der Waals surface area contributed by atoms with E-state index in [4.69, 9.17) is 9.47 Å². The monoisotopic (exact) mass is 719 g/mol. The predicted octanol–water partition coefficient (Wildman–Crippen LogP) is 6.74. The SMILES string of the molecule is Cc1ccc(S(=O)(=O)Nc2ccc3c(c2)C(=O)N([C@@H](C)CO)C[C@H](C)[C@H](CN(C)Cc2ccc(C(F)(F)F)cc2)OCCCC[C@@H](C)O3)cc1. The van der Waals surface area contributed by atoms with Crippen LogP contribution in [0.15, 0.2) is 71.6 Å². The average Bonchev–Trinajstić information content (AvgIpc) is 3.06. The lowest BCUT2D eigenvalue weighted by molar-refractivity contribution is -0.137. The van der Waals surface area contributed by atoms with Crippen molar-refractivity contribution in [3.05, 3.63) is 89.0 Å². The molecule has 13 heteroatoms. The lowest BCUT2D eigenvalue weighted by Gasteiger charge is -2.36. The van der Waals surface area contributed by atoms with Gasteiger partial charge in [0.15, 0.2) is 0 Å². The van der Waals surface area contributed by atoms with Gasteiger partial charge in [-0.2, -0.15) is 13.2 Å². The van der Waals surface area contributed by atoms with E-state index in [1.54, 1.807) is 36.1 Å². The number of aliphatic hydroxyl groups is 1. The zero-order valence-corrected chi connectivity index (χ0v) is 30.1. The Bertz CT molecular complexity index is 1670. The number of hydrogen-bond donors (Lipinski definition) is 2. The molecule has 0 saturated carbocycles. The van der Waals surface area contributed by atoms with Crippen LogP contribution in [0.25, 0.3) is 0 Å². The van der Waals surface area contributed by atoms with Crippen LogP contribution in [0.3, 0.4) is 0 Å². The minimum absolute atomic E-state index is 0.0815. The number of amides is 1. The van der Waals surface area contributed by atoms with Crippen molar-refractivity contribution in [2.24, 2.45) is 5.92 Å². The Labute approximate surface area is 293 Å². The number of carbonyl (C=O) groups excluding carboxylic acids is 1. The number of benzene rings is 3. The molecule has 0 radical (unpaired) electrons. The van der Waals surface area contributed by atoms with E-state index in [-0.39, 0.29) is 47.4 Å². The van der Waals surface area contributed by atoms with Gasteiger partial charge < -0.3 is 19.5 Å². The highest BCUT2D eigenvalue weighted by Crippen LogP contribution is 2.31. The van der Waals surface area contributed by atoms with E-state index in [0.717, 1.165) is 36.1 Å². The third kappa shape index (κ3) is 10.7. The van der Waals surface area contributed by atoms with Gasteiger partial charge in [0.05, 0.1) is 40.9 Å². The molecule has 3 aromatic rings. The molecule has 2 N–H and O–H groups in total. The molecule has 1 amide bonds. The first kappa shape index (κ1) is 39.1. The first-order valence-corrected chi connectivity index (χ1v) is 18.3. The van der Waals surface area contributed by atoms with Gasteiger partial charge >= 0.3 is 6.18 Å². The molecule has 9 nitrogen and oxygen atoms in total. The molecular weight excluding hydrogens is 671 g/mol. The number of rotatable bonds is 9. The molecule has 0 unspecified atom stereocenters. The maximum Gasteiger partial charge on any atom is 0.416 e. The fourth-order valence-corrected chi connectivity index (χ4v) is 6.91. The first-order valence-electron chi connectivity index (χ1n) is 16.9. The molecule has 1 heterocycles. The largest absolute Gasteiger partial charge is 0.490 e. The lowest BCUT2D eigenvalue weighted by Crippen LogP contribution is -2.47. The number of ether oxygens (including phenoxy) is 2. The van der Waals surface area contributed by atoms with Crippen LogP contribution >= 0.6 is 0 Å². The van der Waals surface area contributed by atoms with Gasteiger partial charge in [0.2, 0.25) is 0 Å². The Morgan fingerprint density at radius 1 is 1.04 bits per heavy atom. The third-order valence-electron chi connectivity index (χ3n) is 8.86. The number of aliphatic hydroxyl groups excluding tert-OH is 1. The Morgan fingerprint density at radius 3 is 2.36 bits per heavy atom. The number of nitrogens with zero attached hydrogens (tertiary/aromatic N) is 2. The van der Waals surface area contributed by atoms with Crippen molar-refractivity contribution in [2.45, 2.75) is 82.8 Å². The minimum atomic E-state index is -4.41. The van der Waals surface area contributed by atoms with Crippen LogP contribution in [0, 0.1) is 12.8 Å². The summed E-state index contributed by atoms with van der Waals surface area (Å²) in [6.07, 6.45) is -2.76. The molecule has 1 aliphatic heterocycles. The Hall–Kier alpha value is -3.65. The highest BCUT2D eigenvalue weighted by Gasteiger charge is 2.32. The summed E-state index contributed by atoms with van der Waals surface area (Å²) < 4.78 is 80.9. The van der Waals surface area contributed by atoms with Crippen molar-refractivity contribution < 1.29 is 41.0 Å². The van der Waals surface area contributed by atoms with Crippen LogP contribution in [0.4, 0.5) is 18.9 Å². The van der Waals surface area contributed by atoms with E-state index in [9.17, 15) is 31.5 Å². The van der Waals surface area contributed by atoms with Crippen molar-refractivity contribution >= 4 is 21.6 Å². The van der Waals surface area contributed by atoms with Crippen molar-refractivity contribution in [3.8, 4) is 5.75 Å². The second-order valence-corrected chi connectivity index (χ2v) is 15.0. The van der Waals surface area contributed by atoms with Gasteiger partial charge in [-0.25, -0.2) is 8.42 Å². The average molecular weight is 720 g/mol. The topological polar surface area (TPSA) is 108 Å². The van der Waals surface area contributed by atoms with Gasteiger partial charge in [-0.15, -0.1) is 0 Å². The standard InChI is InChI=1S/C37H48F3N3O6S/c1-25-9-16-32(17-10-25)50(46,47)41-31-15-18-34-33(20-31)36(45)43(27(3)24-44)21-26(2)35(48-19-7-6-8-28(4)49-34)23-42(5)22-29-11-13-30(14-12-29)37(38,39)40/h9-18,20,26-28,35,41,44H,6-8,19,21-24H2,1-5H3/t26-,27-,28+,35-/m0/s1. The third-order valence-corrected chi connectivity index (χ3v) is 10.3. The van der Waals surface area contributed by atoms with E-state index in [1.807, 2.05) is 32.7 Å². The molecular formula is C37H48F3N3O6S. The minimum Gasteiger partial charge on any atom is -0.490 e. The zero-order chi connectivity index (χ0) is 36.6. The molecule has 274 valence electrons. The summed E-state index contributed by atoms with van der Waals surface area (Å²) in [5.41, 5.74) is 1.27. The summed E-state index contributed by atoms with van der Waals surface area (Å²) in [6, 6.07) is 15.5. The van der Waals surface area contributed by atoms with E-state index in [0.29, 0.717) is 31.9 Å². The van der Waals surface area contributed by atoms with Crippen molar-refractivity contribution in [1.82, 2.24) is 9.80 Å². The van der Waals surface area contributed by atoms with E-state index >= 15 is 0 Å². The molecule has 0 aliphatic carbocycles. The highest BCUT2D eigenvalue weighted by atomic mass is 32.2. The van der Waals surface area contributed by atoms with Crippen LogP contribution in [0.5, 0.6) is 5.75 Å². The van der Waals surface area contributed by atoms with Crippen LogP contribution in [-0.2, 0) is 27.5 Å². The van der Waals surface area contributed by atoms with E-state index in [1.165, 1.54) is 30.3 Å². The van der Waals surface area contributed by atoms with Crippen LogP contribution in [0.2, 0.25) is 0 Å². The summed E-state index contributed by atoms with van der Waals surface area (Å²) in [5, 5.41) is 10.2. The number of anilines is 1. The number of fused-ring (bicyclic) bond motifs is 1. The Morgan fingerprint density at radius 2 is 1.72 bits per heavy atom. The van der Waals surface area contributed by atoms with Gasteiger partial charge in [-0.3, -0.25) is 14.4 Å². The molecule has 0 bridgehead atoms. The molecule has 0 saturated heterocycles. The highest BCUT2D eigenvalue weighted by molar-refractivity contribution is 7.92. The fraction of sp³-hybridized carbons (Fsp3) is 0.486. The van der Waals surface area contributed by atoms with Crippen molar-refractivity contribution in [3.63, 3.8) is 0 Å². The van der Waals surface area contributed by atoms with Gasteiger partial charge in [0, 0.05) is 37.8 Å². The summed E-state index contributed by atoms with van der Waals surface area (Å²) in [4.78, 5) is 18.0. The number of nitrogens with one attached hydrogen (secondary N) is 1. The zero-order valence-electron chi connectivity index (χ0n) is 29.2.